The summed E-state index contributed by atoms with van der Waals surface area (Å²) in [5.41, 5.74) is 0.927. The molecule has 0 saturated carbocycles. The van der Waals surface area contributed by atoms with Crippen molar-refractivity contribution in [1.29, 1.82) is 5.41 Å². The van der Waals surface area contributed by atoms with Crippen molar-refractivity contribution in [3.05, 3.63) is 29.3 Å². The second-order valence-corrected chi connectivity index (χ2v) is 7.83. The predicted octanol–water partition coefficient (Wildman–Crippen LogP) is 4.68. The Balaban J connectivity index is 1.75. The van der Waals surface area contributed by atoms with Gasteiger partial charge in [0.1, 0.15) is 5.04 Å². The number of benzene rings is 1. The molecule has 0 radical (unpaired) electrons. The molecule has 1 aromatic carbocycles. The minimum Gasteiger partial charge on any atom is -0.493 e. The van der Waals surface area contributed by atoms with E-state index in [1.807, 2.05) is 0 Å². The van der Waals surface area contributed by atoms with Gasteiger partial charge in [0.25, 0.3) is 5.91 Å². The quantitative estimate of drug-likeness (QED) is 0.468. The van der Waals surface area contributed by atoms with Crippen LogP contribution in [0.2, 0.25) is 0 Å². The lowest BCUT2D eigenvalue weighted by molar-refractivity contribution is -0.114. The van der Waals surface area contributed by atoms with Gasteiger partial charge in [-0.15, -0.1) is 0 Å². The highest BCUT2D eigenvalue weighted by Crippen LogP contribution is 2.32. The number of amides is 1. The van der Waals surface area contributed by atoms with E-state index in [0.717, 1.165) is 23.4 Å². The summed E-state index contributed by atoms with van der Waals surface area (Å²) in [5.74, 6) is 0.774. The van der Waals surface area contributed by atoms with Crippen molar-refractivity contribution in [2.24, 2.45) is 10.1 Å². The van der Waals surface area contributed by atoms with Crippen LogP contribution in [-0.4, -0.2) is 41.2 Å². The van der Waals surface area contributed by atoms with Crippen LogP contribution in [0.15, 0.2) is 33.9 Å². The van der Waals surface area contributed by atoms with Crippen molar-refractivity contribution in [2.75, 3.05) is 14.2 Å². The minimum atomic E-state index is -0.428. The van der Waals surface area contributed by atoms with Gasteiger partial charge in [0.05, 0.1) is 19.8 Å². The van der Waals surface area contributed by atoms with Crippen molar-refractivity contribution >= 4 is 39.8 Å². The molecule has 1 amide bonds. The highest BCUT2D eigenvalue weighted by molar-refractivity contribution is 8.26. The van der Waals surface area contributed by atoms with Crippen LogP contribution in [0.4, 0.5) is 0 Å². The molecule has 8 heteroatoms. The molecule has 1 aromatic rings. The van der Waals surface area contributed by atoms with E-state index >= 15 is 0 Å². The molecule has 2 aliphatic heterocycles. The van der Waals surface area contributed by atoms with Crippen LogP contribution in [0.1, 0.15) is 51.0 Å². The van der Waals surface area contributed by atoms with E-state index in [2.05, 4.69) is 17.0 Å². The molecule has 0 bridgehead atoms. The monoisotopic (exact) mass is 414 g/mol. The molecule has 0 fully saturated rings. The van der Waals surface area contributed by atoms with Crippen molar-refractivity contribution in [3.63, 3.8) is 0 Å². The molecule has 2 heterocycles. The Morgan fingerprint density at radius 2 is 1.90 bits per heavy atom. The maximum atomic E-state index is 12.5. The maximum Gasteiger partial charge on any atom is 0.283 e. The van der Waals surface area contributed by atoms with Crippen LogP contribution < -0.4 is 9.47 Å². The number of nitrogens with one attached hydrogen (secondary N) is 1. The zero-order valence-electron chi connectivity index (χ0n) is 17.0. The third kappa shape index (κ3) is 4.87. The average Bonchev–Trinajstić information content (AvgIpc) is 3.13. The van der Waals surface area contributed by atoms with Gasteiger partial charge in [0.2, 0.25) is 5.17 Å². The number of carbonyl (C=O) groups excluding carboxylic acids is 1. The molecule has 3 rings (SSSR count). The number of carbonyl (C=O) groups is 1. The van der Waals surface area contributed by atoms with Crippen molar-refractivity contribution in [2.45, 2.75) is 45.4 Å². The summed E-state index contributed by atoms with van der Waals surface area (Å²) in [5, 5.41) is 15.8. The first-order valence-corrected chi connectivity index (χ1v) is 10.6. The van der Waals surface area contributed by atoms with Crippen molar-refractivity contribution < 1.29 is 14.3 Å². The lowest BCUT2D eigenvalue weighted by Gasteiger charge is -2.20. The normalized spacial score (nSPS) is 17.3. The molecule has 0 atom stereocenters. The summed E-state index contributed by atoms with van der Waals surface area (Å²) < 4.78 is 10.5. The van der Waals surface area contributed by atoms with Gasteiger partial charge in [-0.1, -0.05) is 38.7 Å². The Labute approximate surface area is 175 Å². The predicted molar refractivity (Wildman–Crippen MR) is 118 cm³/mol. The number of ether oxygens (including phenoxy) is 2. The summed E-state index contributed by atoms with van der Waals surface area (Å²) in [7, 11) is 3.12. The van der Waals surface area contributed by atoms with E-state index in [4.69, 9.17) is 14.9 Å². The van der Waals surface area contributed by atoms with E-state index in [1.165, 1.54) is 42.5 Å². The Bertz CT molecular complexity index is 892. The van der Waals surface area contributed by atoms with E-state index in [1.54, 1.807) is 38.5 Å². The molecular formula is C21H26N4O3S. The summed E-state index contributed by atoms with van der Waals surface area (Å²) in [4.78, 5) is 16.7. The molecule has 29 heavy (non-hydrogen) atoms. The van der Waals surface area contributed by atoms with E-state index in [-0.39, 0.29) is 11.4 Å². The standard InChI is InChI=1S/C21H26N4O3S/c1-4-5-6-7-8-9-18-24-25-19(22)15(20(26)23-21(25)29-18)12-14-10-11-16(27-2)17(13-14)28-3/h10-13,22H,4-9H2,1-3H3/b15-12-,22-19?. The van der Waals surface area contributed by atoms with Crippen LogP contribution in [0, 0.1) is 5.41 Å². The number of amidine groups is 2. The number of hydrogen-bond donors (Lipinski definition) is 1. The third-order valence-corrected chi connectivity index (χ3v) is 5.68. The van der Waals surface area contributed by atoms with Crippen LogP contribution in [0.3, 0.4) is 0 Å². The summed E-state index contributed by atoms with van der Waals surface area (Å²) in [6, 6.07) is 5.32. The number of nitrogens with zero attached hydrogens (tertiary/aromatic N) is 3. The number of hydrogen-bond acceptors (Lipinski definition) is 6. The van der Waals surface area contributed by atoms with Gasteiger partial charge in [-0.25, -0.2) is 0 Å². The van der Waals surface area contributed by atoms with Gasteiger partial charge < -0.3 is 9.47 Å². The first-order chi connectivity index (χ1) is 14.1. The Morgan fingerprint density at radius 1 is 1.14 bits per heavy atom. The smallest absolute Gasteiger partial charge is 0.283 e. The molecule has 0 aromatic heterocycles. The van der Waals surface area contributed by atoms with Gasteiger partial charge in [-0.05, 0) is 48.4 Å². The number of rotatable bonds is 9. The van der Waals surface area contributed by atoms with Crippen LogP contribution in [-0.2, 0) is 4.79 Å². The largest absolute Gasteiger partial charge is 0.493 e. The SMILES string of the molecule is CCCCCCCC1=NN2C(=N)/C(=C/c3ccc(OC)c(OC)c3)C(=O)N=C2S1. The van der Waals surface area contributed by atoms with Gasteiger partial charge in [0, 0.05) is 0 Å². The second kappa shape index (κ2) is 9.73. The minimum absolute atomic E-state index is 0.0447. The highest BCUT2D eigenvalue weighted by Gasteiger charge is 2.35. The number of methoxy groups -OCH3 is 2. The fourth-order valence-electron chi connectivity index (χ4n) is 3.12. The van der Waals surface area contributed by atoms with Crippen LogP contribution in [0.25, 0.3) is 6.08 Å². The summed E-state index contributed by atoms with van der Waals surface area (Å²) in [6.07, 6.45) is 8.40. The molecule has 154 valence electrons. The summed E-state index contributed by atoms with van der Waals surface area (Å²) >= 11 is 1.39. The maximum absolute atomic E-state index is 12.5. The molecule has 0 saturated heterocycles. The molecular weight excluding hydrogens is 388 g/mol. The number of hydrazone groups is 1. The number of fused-ring (bicyclic) bond motifs is 1. The van der Waals surface area contributed by atoms with Crippen molar-refractivity contribution in [3.8, 4) is 11.5 Å². The van der Waals surface area contributed by atoms with E-state index in [9.17, 15) is 4.79 Å². The molecule has 7 nitrogen and oxygen atoms in total. The molecule has 1 N–H and O–H groups in total. The molecule has 0 aliphatic carbocycles. The molecule has 0 spiro atoms. The molecule has 0 unspecified atom stereocenters. The Morgan fingerprint density at radius 3 is 2.62 bits per heavy atom. The third-order valence-electron chi connectivity index (χ3n) is 4.71. The lowest BCUT2D eigenvalue weighted by atomic mass is 10.1. The fraction of sp³-hybridized carbons (Fsp3) is 0.429. The highest BCUT2D eigenvalue weighted by atomic mass is 32.2. The fourth-order valence-corrected chi connectivity index (χ4v) is 4.05. The van der Waals surface area contributed by atoms with Crippen LogP contribution >= 0.6 is 11.8 Å². The Hall–Kier alpha value is -2.61. The van der Waals surface area contributed by atoms with E-state index in [0.29, 0.717) is 16.7 Å². The topological polar surface area (TPSA) is 87.3 Å². The lowest BCUT2D eigenvalue weighted by Crippen LogP contribution is -2.35. The zero-order valence-corrected chi connectivity index (χ0v) is 17.8. The Kier molecular flexibility index (Phi) is 7.09. The first-order valence-electron chi connectivity index (χ1n) is 9.78. The summed E-state index contributed by atoms with van der Waals surface area (Å²) in [6.45, 7) is 2.20. The average molecular weight is 415 g/mol. The number of thioether (sulfide) groups is 1. The first kappa shape index (κ1) is 21.1. The number of unbranched alkanes of at least 4 members (excludes halogenated alkanes) is 4. The van der Waals surface area contributed by atoms with Gasteiger partial charge >= 0.3 is 0 Å². The van der Waals surface area contributed by atoms with E-state index < -0.39 is 5.91 Å². The van der Waals surface area contributed by atoms with Crippen molar-refractivity contribution in [1.82, 2.24) is 5.01 Å². The second-order valence-electron chi connectivity index (χ2n) is 6.79. The van der Waals surface area contributed by atoms with Gasteiger partial charge in [-0.2, -0.15) is 15.1 Å². The zero-order chi connectivity index (χ0) is 20.8. The van der Waals surface area contributed by atoms with Crippen LogP contribution in [0.5, 0.6) is 11.5 Å². The van der Waals surface area contributed by atoms with Gasteiger partial charge in [0.15, 0.2) is 17.3 Å². The molecule has 2 aliphatic rings. The van der Waals surface area contributed by atoms with Gasteiger partial charge in [-0.3, -0.25) is 10.2 Å². The number of aliphatic imine (C=N–C) groups is 1.